The van der Waals surface area contributed by atoms with Crippen LogP contribution >= 0.6 is 11.6 Å². The monoisotopic (exact) mass is 343 g/mol. The van der Waals surface area contributed by atoms with E-state index in [0.717, 1.165) is 6.07 Å². The van der Waals surface area contributed by atoms with Gasteiger partial charge in [0.2, 0.25) is 0 Å². The Morgan fingerprint density at radius 3 is 2.43 bits per heavy atom. The van der Waals surface area contributed by atoms with Crippen molar-refractivity contribution < 1.29 is 19.2 Å². The summed E-state index contributed by atoms with van der Waals surface area (Å²) in [6.07, 6.45) is -0.597. The number of hydrogen-bond acceptors (Lipinski definition) is 5. The lowest BCUT2D eigenvalue weighted by atomic mass is 10.2. The maximum absolute atomic E-state index is 12.0. The van der Waals surface area contributed by atoms with Gasteiger partial charge in [0.1, 0.15) is 5.60 Å². The highest BCUT2D eigenvalue weighted by Crippen LogP contribution is 2.21. The number of nitrogens with one attached hydrogen (secondary N) is 2. The highest BCUT2D eigenvalue weighted by Gasteiger charge is 2.17. The smallest absolute Gasteiger partial charge is 0.407 e. The summed E-state index contributed by atoms with van der Waals surface area (Å²) in [5.74, 6) is -0.565. The minimum absolute atomic E-state index is 0.00173. The summed E-state index contributed by atoms with van der Waals surface area (Å²) in [6, 6.07) is 3.59. The fraction of sp³-hybridized carbons (Fsp3) is 0.429. The zero-order chi connectivity index (χ0) is 17.6. The first-order valence-corrected chi connectivity index (χ1v) is 7.17. The van der Waals surface area contributed by atoms with E-state index in [-0.39, 0.29) is 29.4 Å². The van der Waals surface area contributed by atoms with Crippen molar-refractivity contribution in [3.05, 3.63) is 38.9 Å². The van der Waals surface area contributed by atoms with Crippen molar-refractivity contribution in [1.29, 1.82) is 0 Å². The zero-order valence-corrected chi connectivity index (χ0v) is 13.8. The van der Waals surface area contributed by atoms with E-state index in [9.17, 15) is 19.7 Å². The van der Waals surface area contributed by atoms with Crippen LogP contribution in [-0.4, -0.2) is 35.6 Å². The molecule has 0 atom stereocenters. The fourth-order valence-corrected chi connectivity index (χ4v) is 1.75. The SMILES string of the molecule is CC(C)(C)OC(=O)NCCNC(=O)c1cc([N+](=O)[O-])ccc1Cl. The van der Waals surface area contributed by atoms with Gasteiger partial charge in [-0.05, 0) is 26.8 Å². The molecule has 0 spiro atoms. The van der Waals surface area contributed by atoms with E-state index in [0.29, 0.717) is 0 Å². The number of carbonyl (C=O) groups is 2. The van der Waals surface area contributed by atoms with Crippen molar-refractivity contribution in [3.8, 4) is 0 Å². The van der Waals surface area contributed by atoms with Gasteiger partial charge in [0, 0.05) is 25.2 Å². The van der Waals surface area contributed by atoms with Crippen LogP contribution in [0.25, 0.3) is 0 Å². The van der Waals surface area contributed by atoms with E-state index >= 15 is 0 Å². The number of alkyl carbamates (subject to hydrolysis) is 1. The molecule has 23 heavy (non-hydrogen) atoms. The van der Waals surface area contributed by atoms with Crippen LogP contribution in [0.2, 0.25) is 5.02 Å². The summed E-state index contributed by atoms with van der Waals surface area (Å²) < 4.78 is 5.03. The Balaban J connectivity index is 2.50. The largest absolute Gasteiger partial charge is 0.444 e. The van der Waals surface area contributed by atoms with Crippen LogP contribution in [0.5, 0.6) is 0 Å². The molecule has 0 unspecified atom stereocenters. The molecule has 0 aromatic heterocycles. The van der Waals surface area contributed by atoms with Gasteiger partial charge in [-0.15, -0.1) is 0 Å². The summed E-state index contributed by atoms with van der Waals surface area (Å²) in [7, 11) is 0. The molecule has 2 amide bonds. The van der Waals surface area contributed by atoms with Gasteiger partial charge in [-0.1, -0.05) is 11.6 Å². The summed E-state index contributed by atoms with van der Waals surface area (Å²) in [6.45, 7) is 5.47. The third kappa shape index (κ3) is 6.52. The zero-order valence-electron chi connectivity index (χ0n) is 13.0. The second-order valence-electron chi connectivity index (χ2n) is 5.61. The second kappa shape index (κ2) is 7.77. The number of amides is 2. The number of benzene rings is 1. The summed E-state index contributed by atoms with van der Waals surface area (Å²) in [4.78, 5) is 33.4. The van der Waals surface area contributed by atoms with Gasteiger partial charge < -0.3 is 15.4 Å². The number of nitrogens with zero attached hydrogens (tertiary/aromatic N) is 1. The molecule has 0 aliphatic carbocycles. The summed E-state index contributed by atoms with van der Waals surface area (Å²) in [5.41, 5.74) is -0.839. The number of hydrogen-bond donors (Lipinski definition) is 2. The average Bonchev–Trinajstić information content (AvgIpc) is 2.41. The molecule has 1 aromatic rings. The Morgan fingerprint density at radius 2 is 1.87 bits per heavy atom. The van der Waals surface area contributed by atoms with E-state index in [1.807, 2.05) is 0 Å². The lowest BCUT2D eigenvalue weighted by Crippen LogP contribution is -2.37. The molecule has 126 valence electrons. The van der Waals surface area contributed by atoms with E-state index in [1.165, 1.54) is 12.1 Å². The standard InChI is InChI=1S/C14H18ClN3O5/c1-14(2,3)23-13(20)17-7-6-16-12(19)10-8-9(18(21)22)4-5-11(10)15/h4-5,8H,6-7H2,1-3H3,(H,16,19)(H,17,20). The molecule has 0 fully saturated rings. The van der Waals surface area contributed by atoms with Crippen LogP contribution in [-0.2, 0) is 4.74 Å². The van der Waals surface area contributed by atoms with Crippen LogP contribution in [0.3, 0.4) is 0 Å². The Hall–Kier alpha value is -2.35. The van der Waals surface area contributed by atoms with Crippen LogP contribution in [0.4, 0.5) is 10.5 Å². The predicted molar refractivity (Wildman–Crippen MR) is 84.7 cm³/mol. The van der Waals surface area contributed by atoms with Gasteiger partial charge in [0.05, 0.1) is 15.5 Å². The molecule has 1 rings (SSSR count). The van der Waals surface area contributed by atoms with Crippen molar-refractivity contribution in [1.82, 2.24) is 10.6 Å². The van der Waals surface area contributed by atoms with Crippen LogP contribution in [0.15, 0.2) is 18.2 Å². The van der Waals surface area contributed by atoms with E-state index in [2.05, 4.69) is 10.6 Å². The molecule has 0 heterocycles. The maximum atomic E-state index is 12.0. The molecule has 0 bridgehead atoms. The van der Waals surface area contributed by atoms with Crippen molar-refractivity contribution in [3.63, 3.8) is 0 Å². The number of ether oxygens (including phenoxy) is 1. The Kier molecular flexibility index (Phi) is 6.32. The first-order chi connectivity index (χ1) is 10.6. The second-order valence-corrected chi connectivity index (χ2v) is 6.01. The lowest BCUT2D eigenvalue weighted by Gasteiger charge is -2.19. The molecule has 0 aliphatic heterocycles. The van der Waals surface area contributed by atoms with Crippen LogP contribution in [0.1, 0.15) is 31.1 Å². The average molecular weight is 344 g/mol. The number of carbonyl (C=O) groups excluding carboxylic acids is 2. The van der Waals surface area contributed by atoms with Gasteiger partial charge in [-0.2, -0.15) is 0 Å². The van der Waals surface area contributed by atoms with Crippen molar-refractivity contribution in [2.45, 2.75) is 26.4 Å². The molecule has 2 N–H and O–H groups in total. The maximum Gasteiger partial charge on any atom is 0.407 e. The molecular weight excluding hydrogens is 326 g/mol. The Labute approximate surface area is 138 Å². The van der Waals surface area contributed by atoms with Gasteiger partial charge in [0.25, 0.3) is 11.6 Å². The van der Waals surface area contributed by atoms with Crippen LogP contribution < -0.4 is 10.6 Å². The number of non-ortho nitro benzene ring substituents is 1. The van der Waals surface area contributed by atoms with Gasteiger partial charge >= 0.3 is 6.09 Å². The number of halogens is 1. The number of nitro benzene ring substituents is 1. The van der Waals surface area contributed by atoms with E-state index < -0.39 is 22.5 Å². The highest BCUT2D eigenvalue weighted by atomic mass is 35.5. The molecule has 0 saturated heterocycles. The topological polar surface area (TPSA) is 111 Å². The van der Waals surface area contributed by atoms with Gasteiger partial charge in [-0.25, -0.2) is 4.79 Å². The minimum Gasteiger partial charge on any atom is -0.444 e. The third-order valence-electron chi connectivity index (χ3n) is 2.48. The molecule has 0 radical (unpaired) electrons. The molecule has 0 aliphatic rings. The van der Waals surface area contributed by atoms with Crippen molar-refractivity contribution in [2.75, 3.05) is 13.1 Å². The molecule has 0 saturated carbocycles. The normalized spacial score (nSPS) is 10.8. The predicted octanol–water partition coefficient (Wildman–Crippen LogP) is 2.50. The van der Waals surface area contributed by atoms with Crippen molar-refractivity contribution >= 4 is 29.3 Å². The number of rotatable bonds is 5. The molecule has 1 aromatic carbocycles. The Morgan fingerprint density at radius 1 is 1.26 bits per heavy atom. The van der Waals surface area contributed by atoms with Gasteiger partial charge in [-0.3, -0.25) is 14.9 Å². The number of nitro groups is 1. The fourth-order valence-electron chi connectivity index (χ4n) is 1.55. The third-order valence-corrected chi connectivity index (χ3v) is 2.81. The lowest BCUT2D eigenvalue weighted by molar-refractivity contribution is -0.384. The molecular formula is C14H18ClN3O5. The quantitative estimate of drug-likeness (QED) is 0.485. The summed E-state index contributed by atoms with van der Waals surface area (Å²) >= 11 is 5.86. The Bertz CT molecular complexity index is 613. The minimum atomic E-state index is -0.614. The van der Waals surface area contributed by atoms with E-state index in [4.69, 9.17) is 16.3 Å². The summed E-state index contributed by atoms with van der Waals surface area (Å²) in [5, 5.41) is 15.8. The first kappa shape index (κ1) is 18.7. The van der Waals surface area contributed by atoms with Crippen LogP contribution in [0, 0.1) is 10.1 Å². The van der Waals surface area contributed by atoms with E-state index in [1.54, 1.807) is 20.8 Å². The molecule has 8 nitrogen and oxygen atoms in total. The first-order valence-electron chi connectivity index (χ1n) is 6.79. The van der Waals surface area contributed by atoms with Crippen molar-refractivity contribution in [2.24, 2.45) is 0 Å². The van der Waals surface area contributed by atoms with Gasteiger partial charge in [0.15, 0.2) is 0 Å². The highest BCUT2D eigenvalue weighted by molar-refractivity contribution is 6.33. The molecule has 9 heteroatoms.